The molecule has 0 fully saturated rings. The summed E-state index contributed by atoms with van der Waals surface area (Å²) in [5, 5.41) is 2.80. The van der Waals surface area contributed by atoms with E-state index in [0.29, 0.717) is 17.1 Å². The Labute approximate surface area is 148 Å². The summed E-state index contributed by atoms with van der Waals surface area (Å²) < 4.78 is 6.59. The van der Waals surface area contributed by atoms with Gasteiger partial charge in [0, 0.05) is 16.1 Å². The molecule has 120 valence electrons. The van der Waals surface area contributed by atoms with Gasteiger partial charge in [0.25, 0.3) is 5.91 Å². The van der Waals surface area contributed by atoms with Gasteiger partial charge in [-0.2, -0.15) is 0 Å². The van der Waals surface area contributed by atoms with E-state index < -0.39 is 0 Å². The van der Waals surface area contributed by atoms with E-state index in [1.54, 1.807) is 30.5 Å². The number of nitrogens with one attached hydrogen (secondary N) is 1. The molecule has 0 unspecified atom stereocenters. The van der Waals surface area contributed by atoms with Crippen LogP contribution in [-0.2, 0) is 0 Å². The van der Waals surface area contributed by atoms with E-state index in [9.17, 15) is 4.79 Å². The van der Waals surface area contributed by atoms with Gasteiger partial charge in [-0.1, -0.05) is 33.6 Å². The van der Waals surface area contributed by atoms with Gasteiger partial charge in [0.1, 0.15) is 5.75 Å². The van der Waals surface area contributed by atoms with Crippen molar-refractivity contribution in [3.05, 3.63) is 82.5 Å². The Bertz CT molecular complexity index is 829. The summed E-state index contributed by atoms with van der Waals surface area (Å²) in [5.41, 5.74) is 2.36. The number of ether oxygens (including phenoxy) is 1. The number of benzene rings is 2. The fourth-order valence-corrected chi connectivity index (χ4v) is 2.31. The first-order valence-corrected chi connectivity index (χ1v) is 8.17. The minimum Gasteiger partial charge on any atom is -0.439 e. The van der Waals surface area contributed by atoms with E-state index in [-0.39, 0.29) is 5.91 Å². The lowest BCUT2D eigenvalue weighted by Gasteiger charge is -2.07. The molecule has 24 heavy (non-hydrogen) atoms. The number of halogens is 1. The van der Waals surface area contributed by atoms with Gasteiger partial charge < -0.3 is 10.1 Å². The van der Waals surface area contributed by atoms with Crippen molar-refractivity contribution in [3.63, 3.8) is 0 Å². The second kappa shape index (κ2) is 7.27. The first kappa shape index (κ1) is 16.2. The molecule has 2 aromatic carbocycles. The summed E-state index contributed by atoms with van der Waals surface area (Å²) >= 11 is 3.34. The zero-order chi connectivity index (χ0) is 16.9. The lowest BCUT2D eigenvalue weighted by atomic mass is 10.2. The Morgan fingerprint density at radius 2 is 1.71 bits per heavy atom. The highest BCUT2D eigenvalue weighted by atomic mass is 79.9. The van der Waals surface area contributed by atoms with E-state index >= 15 is 0 Å². The molecule has 1 aromatic heterocycles. The van der Waals surface area contributed by atoms with E-state index in [2.05, 4.69) is 26.2 Å². The van der Waals surface area contributed by atoms with Crippen LogP contribution in [-0.4, -0.2) is 10.9 Å². The van der Waals surface area contributed by atoms with Gasteiger partial charge in [-0.15, -0.1) is 0 Å². The van der Waals surface area contributed by atoms with Crippen LogP contribution >= 0.6 is 15.9 Å². The first-order chi connectivity index (χ1) is 11.6. The highest BCUT2D eigenvalue weighted by Crippen LogP contribution is 2.21. The van der Waals surface area contributed by atoms with E-state index in [1.807, 2.05) is 43.3 Å². The molecule has 5 heteroatoms. The monoisotopic (exact) mass is 382 g/mol. The number of aromatic nitrogens is 1. The molecule has 0 saturated carbocycles. The molecular formula is C19H15BrN2O2. The van der Waals surface area contributed by atoms with Gasteiger partial charge in [-0.25, -0.2) is 4.98 Å². The van der Waals surface area contributed by atoms with Crippen LogP contribution in [0.3, 0.4) is 0 Å². The third-order valence-electron chi connectivity index (χ3n) is 3.34. The van der Waals surface area contributed by atoms with Crippen LogP contribution in [0.4, 0.5) is 5.69 Å². The molecule has 0 aliphatic rings. The fraction of sp³-hybridized carbons (Fsp3) is 0.0526. The maximum atomic E-state index is 12.1. The Morgan fingerprint density at radius 3 is 2.33 bits per heavy atom. The summed E-state index contributed by atoms with van der Waals surface area (Å²) in [4.78, 5) is 16.4. The maximum Gasteiger partial charge on any atom is 0.255 e. The number of carbonyl (C=O) groups excluding carboxylic acids is 1. The van der Waals surface area contributed by atoms with Gasteiger partial charge in [-0.3, -0.25) is 4.79 Å². The molecule has 0 aliphatic carbocycles. The number of amides is 1. The number of rotatable bonds is 4. The van der Waals surface area contributed by atoms with Crippen molar-refractivity contribution < 1.29 is 9.53 Å². The number of carbonyl (C=O) groups is 1. The smallest absolute Gasteiger partial charge is 0.255 e. The molecule has 0 radical (unpaired) electrons. The highest BCUT2D eigenvalue weighted by molar-refractivity contribution is 9.10. The van der Waals surface area contributed by atoms with E-state index in [1.165, 1.54) is 5.56 Å². The zero-order valence-electron chi connectivity index (χ0n) is 13.0. The van der Waals surface area contributed by atoms with Crippen molar-refractivity contribution >= 4 is 27.5 Å². The van der Waals surface area contributed by atoms with Gasteiger partial charge in [0.05, 0.1) is 11.9 Å². The Balaban J connectivity index is 1.64. The van der Waals surface area contributed by atoms with Crippen LogP contribution in [0, 0.1) is 6.92 Å². The van der Waals surface area contributed by atoms with Crippen molar-refractivity contribution in [1.29, 1.82) is 0 Å². The van der Waals surface area contributed by atoms with Crippen LogP contribution in [0.2, 0.25) is 0 Å². The van der Waals surface area contributed by atoms with Crippen LogP contribution in [0.1, 0.15) is 15.9 Å². The minimum atomic E-state index is -0.184. The Hall–Kier alpha value is -2.66. The topological polar surface area (TPSA) is 51.2 Å². The van der Waals surface area contributed by atoms with Crippen LogP contribution in [0.25, 0.3) is 0 Å². The normalized spacial score (nSPS) is 10.2. The molecule has 0 bridgehead atoms. The Kier molecular flexibility index (Phi) is 4.91. The molecule has 3 rings (SSSR count). The average Bonchev–Trinajstić information content (AvgIpc) is 2.59. The number of hydrogen-bond acceptors (Lipinski definition) is 3. The molecule has 1 N–H and O–H groups in total. The predicted molar refractivity (Wildman–Crippen MR) is 97.6 cm³/mol. The molecule has 0 aliphatic heterocycles. The number of anilines is 1. The van der Waals surface area contributed by atoms with Crippen molar-refractivity contribution in [2.45, 2.75) is 6.92 Å². The molecule has 0 saturated heterocycles. The molecule has 4 nitrogen and oxygen atoms in total. The quantitative estimate of drug-likeness (QED) is 0.674. The summed E-state index contributed by atoms with van der Waals surface area (Å²) in [6.07, 6.45) is 1.57. The molecule has 0 spiro atoms. The highest BCUT2D eigenvalue weighted by Gasteiger charge is 2.06. The predicted octanol–water partition coefficient (Wildman–Crippen LogP) is 5.20. The second-order valence-electron chi connectivity index (χ2n) is 5.26. The van der Waals surface area contributed by atoms with Crippen molar-refractivity contribution in [1.82, 2.24) is 4.98 Å². The number of aryl methyl sites for hydroxylation is 1. The molecular weight excluding hydrogens is 368 g/mol. The third-order valence-corrected chi connectivity index (χ3v) is 3.87. The SMILES string of the molecule is Cc1ccc(Oc2ccc(NC(=O)c3ccc(Br)cc3)cn2)cc1. The van der Waals surface area contributed by atoms with Gasteiger partial charge >= 0.3 is 0 Å². The first-order valence-electron chi connectivity index (χ1n) is 7.38. The van der Waals surface area contributed by atoms with Crippen molar-refractivity contribution in [2.24, 2.45) is 0 Å². The number of pyridine rings is 1. The van der Waals surface area contributed by atoms with Gasteiger partial charge in [0.2, 0.25) is 5.88 Å². The summed E-state index contributed by atoms with van der Waals surface area (Å²) in [6.45, 7) is 2.02. The number of nitrogens with zero attached hydrogens (tertiary/aromatic N) is 1. The molecule has 0 atom stereocenters. The van der Waals surface area contributed by atoms with Crippen molar-refractivity contribution in [2.75, 3.05) is 5.32 Å². The minimum absolute atomic E-state index is 0.184. The zero-order valence-corrected chi connectivity index (χ0v) is 14.6. The summed E-state index contributed by atoms with van der Waals surface area (Å²) in [5.74, 6) is 1.01. The molecule has 1 heterocycles. The summed E-state index contributed by atoms with van der Waals surface area (Å²) in [6, 6.07) is 18.4. The average molecular weight is 383 g/mol. The fourth-order valence-electron chi connectivity index (χ4n) is 2.05. The lowest BCUT2D eigenvalue weighted by molar-refractivity contribution is 0.102. The third kappa shape index (κ3) is 4.20. The van der Waals surface area contributed by atoms with Crippen LogP contribution in [0.5, 0.6) is 11.6 Å². The van der Waals surface area contributed by atoms with E-state index in [0.717, 1.165) is 10.2 Å². The second-order valence-corrected chi connectivity index (χ2v) is 6.18. The standard InChI is InChI=1S/C19H15BrN2O2/c1-13-2-9-17(10-3-13)24-18-11-8-16(12-21-18)22-19(23)14-4-6-15(20)7-5-14/h2-12H,1H3,(H,22,23). The van der Waals surface area contributed by atoms with Crippen LogP contribution < -0.4 is 10.1 Å². The number of hydrogen-bond donors (Lipinski definition) is 1. The maximum absolute atomic E-state index is 12.1. The van der Waals surface area contributed by atoms with E-state index in [4.69, 9.17) is 4.74 Å². The Morgan fingerprint density at radius 1 is 1.00 bits per heavy atom. The van der Waals surface area contributed by atoms with Gasteiger partial charge in [0.15, 0.2) is 0 Å². The largest absolute Gasteiger partial charge is 0.439 e. The lowest BCUT2D eigenvalue weighted by Crippen LogP contribution is -2.11. The van der Waals surface area contributed by atoms with Crippen molar-refractivity contribution in [3.8, 4) is 11.6 Å². The molecule has 3 aromatic rings. The van der Waals surface area contributed by atoms with Crippen LogP contribution in [0.15, 0.2) is 71.3 Å². The summed E-state index contributed by atoms with van der Waals surface area (Å²) in [7, 11) is 0. The van der Waals surface area contributed by atoms with Gasteiger partial charge in [-0.05, 0) is 49.4 Å². The molecule has 1 amide bonds.